The quantitative estimate of drug-likeness (QED) is 0.782. The van der Waals surface area contributed by atoms with E-state index in [0.29, 0.717) is 18.1 Å². The second-order valence-corrected chi connectivity index (χ2v) is 4.17. The zero-order valence-electron chi connectivity index (χ0n) is 8.55. The van der Waals surface area contributed by atoms with E-state index in [2.05, 4.69) is 9.97 Å². The van der Waals surface area contributed by atoms with Gasteiger partial charge in [-0.25, -0.2) is 4.98 Å². The molecule has 15 heavy (non-hydrogen) atoms. The van der Waals surface area contributed by atoms with Gasteiger partial charge in [-0.15, -0.1) is 11.6 Å². The normalized spacial score (nSPS) is 25.7. The van der Waals surface area contributed by atoms with E-state index in [1.165, 1.54) is 6.07 Å². The van der Waals surface area contributed by atoms with Crippen molar-refractivity contribution >= 4 is 11.6 Å². The maximum Gasteiger partial charge on any atom is 0.251 e. The molecule has 1 atom stereocenters. The molecule has 1 unspecified atom stereocenters. The molecule has 0 spiro atoms. The second-order valence-electron chi connectivity index (χ2n) is 3.90. The lowest BCUT2D eigenvalue weighted by Gasteiger charge is -2.21. The number of H-pyrrole nitrogens is 1. The zero-order valence-corrected chi connectivity index (χ0v) is 9.30. The van der Waals surface area contributed by atoms with Crippen LogP contribution in [0.3, 0.4) is 0 Å². The van der Waals surface area contributed by atoms with Gasteiger partial charge in [-0.2, -0.15) is 0 Å². The highest BCUT2D eigenvalue weighted by Gasteiger charge is 2.34. The molecule has 1 N–H and O–H groups in total. The number of hydrogen-bond acceptors (Lipinski definition) is 3. The largest absolute Gasteiger partial charge is 0.367 e. The van der Waals surface area contributed by atoms with Crippen LogP contribution >= 0.6 is 11.6 Å². The first-order chi connectivity index (χ1) is 7.14. The molecule has 1 fully saturated rings. The van der Waals surface area contributed by atoms with Crippen molar-refractivity contribution in [3.63, 3.8) is 0 Å². The lowest BCUT2D eigenvalue weighted by atomic mass is 10.0. The average Bonchev–Trinajstić information content (AvgIpc) is 2.65. The summed E-state index contributed by atoms with van der Waals surface area (Å²) in [6.07, 6.45) is 1.87. The summed E-state index contributed by atoms with van der Waals surface area (Å²) in [5, 5.41) is 0. The summed E-state index contributed by atoms with van der Waals surface area (Å²) in [6.45, 7) is 2.65. The van der Waals surface area contributed by atoms with Crippen molar-refractivity contribution in [2.75, 3.05) is 6.61 Å². The third-order valence-electron chi connectivity index (χ3n) is 2.65. The van der Waals surface area contributed by atoms with Crippen molar-refractivity contribution in [2.24, 2.45) is 0 Å². The number of rotatable bonds is 2. The fourth-order valence-corrected chi connectivity index (χ4v) is 1.93. The van der Waals surface area contributed by atoms with Gasteiger partial charge in [0.15, 0.2) is 0 Å². The Labute approximate surface area is 92.6 Å². The molecule has 0 saturated carbocycles. The van der Waals surface area contributed by atoms with Crippen molar-refractivity contribution < 1.29 is 4.74 Å². The number of aromatic nitrogens is 2. The number of ether oxygens (including phenoxy) is 1. The Hall–Kier alpha value is -0.870. The third kappa shape index (κ3) is 2.06. The van der Waals surface area contributed by atoms with Crippen molar-refractivity contribution in [2.45, 2.75) is 31.2 Å². The third-order valence-corrected chi connectivity index (χ3v) is 2.93. The molecule has 1 aliphatic rings. The highest BCUT2D eigenvalue weighted by atomic mass is 35.5. The molecular formula is C10H13ClN2O2. The predicted molar refractivity (Wildman–Crippen MR) is 57.0 cm³/mol. The van der Waals surface area contributed by atoms with Crippen LogP contribution in [0.15, 0.2) is 10.9 Å². The summed E-state index contributed by atoms with van der Waals surface area (Å²) in [7, 11) is 0. The maximum atomic E-state index is 11.4. The van der Waals surface area contributed by atoms with Crippen molar-refractivity contribution in [1.29, 1.82) is 0 Å². The first-order valence-electron chi connectivity index (χ1n) is 4.95. The summed E-state index contributed by atoms with van der Waals surface area (Å²) < 4.78 is 5.61. The molecule has 1 aromatic rings. The Kier molecular flexibility index (Phi) is 2.80. The number of hydrogen-bond donors (Lipinski definition) is 1. The van der Waals surface area contributed by atoms with Gasteiger partial charge in [-0.05, 0) is 19.8 Å². The Morgan fingerprint density at radius 1 is 1.73 bits per heavy atom. The van der Waals surface area contributed by atoms with Crippen LogP contribution in [0.5, 0.6) is 0 Å². The van der Waals surface area contributed by atoms with Crippen LogP contribution in [-0.4, -0.2) is 16.6 Å². The molecule has 2 heterocycles. The van der Waals surface area contributed by atoms with Crippen LogP contribution in [0.25, 0.3) is 0 Å². The molecule has 1 saturated heterocycles. The van der Waals surface area contributed by atoms with E-state index < -0.39 is 5.60 Å². The lowest BCUT2D eigenvalue weighted by Crippen LogP contribution is -2.27. The first kappa shape index (κ1) is 10.6. The molecular weight excluding hydrogens is 216 g/mol. The van der Waals surface area contributed by atoms with E-state index in [4.69, 9.17) is 16.3 Å². The van der Waals surface area contributed by atoms with E-state index in [1.807, 2.05) is 6.92 Å². The number of nitrogens with one attached hydrogen (secondary N) is 1. The van der Waals surface area contributed by atoms with Gasteiger partial charge >= 0.3 is 0 Å². The Bertz CT molecular complexity index is 410. The molecule has 0 bridgehead atoms. The van der Waals surface area contributed by atoms with Crippen molar-refractivity contribution in [3.8, 4) is 0 Å². The minimum Gasteiger partial charge on any atom is -0.367 e. The van der Waals surface area contributed by atoms with Gasteiger partial charge in [-0.3, -0.25) is 4.79 Å². The van der Waals surface area contributed by atoms with E-state index in [1.54, 1.807) is 0 Å². The molecule has 82 valence electrons. The second kappa shape index (κ2) is 3.94. The van der Waals surface area contributed by atoms with Gasteiger partial charge in [0.05, 0.1) is 11.6 Å². The number of alkyl halides is 1. The monoisotopic (exact) mass is 228 g/mol. The Balaban J connectivity index is 2.43. The molecule has 4 nitrogen and oxygen atoms in total. The van der Waals surface area contributed by atoms with E-state index in [9.17, 15) is 4.79 Å². The Morgan fingerprint density at radius 3 is 3.13 bits per heavy atom. The zero-order chi connectivity index (χ0) is 10.9. The van der Waals surface area contributed by atoms with E-state index in [-0.39, 0.29) is 11.4 Å². The summed E-state index contributed by atoms with van der Waals surface area (Å²) >= 11 is 5.67. The molecule has 0 aliphatic carbocycles. The fourth-order valence-electron chi connectivity index (χ4n) is 1.79. The predicted octanol–water partition coefficient (Wildman–Crippen LogP) is 1.53. The summed E-state index contributed by atoms with van der Waals surface area (Å²) in [4.78, 5) is 18.4. The number of nitrogens with zero attached hydrogens (tertiary/aromatic N) is 1. The average molecular weight is 229 g/mol. The molecule has 0 aromatic carbocycles. The summed E-state index contributed by atoms with van der Waals surface area (Å²) in [5.74, 6) is 0.829. The van der Waals surface area contributed by atoms with Crippen LogP contribution in [0.4, 0.5) is 0 Å². The van der Waals surface area contributed by atoms with Crippen molar-refractivity contribution in [3.05, 3.63) is 27.9 Å². The molecule has 1 aromatic heterocycles. The van der Waals surface area contributed by atoms with Crippen LogP contribution in [0.1, 0.15) is 31.3 Å². The van der Waals surface area contributed by atoms with Crippen molar-refractivity contribution in [1.82, 2.24) is 9.97 Å². The summed E-state index contributed by atoms with van der Waals surface area (Å²) in [6, 6.07) is 1.41. The van der Waals surface area contributed by atoms with E-state index in [0.717, 1.165) is 12.8 Å². The van der Waals surface area contributed by atoms with Crippen LogP contribution in [0, 0.1) is 0 Å². The van der Waals surface area contributed by atoms with E-state index >= 15 is 0 Å². The molecule has 0 radical (unpaired) electrons. The SMILES string of the molecule is CC1(c2nc(CCl)cc(=O)[nH]2)CCCO1. The van der Waals surface area contributed by atoms with Gasteiger partial charge in [0, 0.05) is 12.7 Å². The van der Waals surface area contributed by atoms with Gasteiger partial charge in [0.2, 0.25) is 0 Å². The van der Waals surface area contributed by atoms with Crippen LogP contribution in [0.2, 0.25) is 0 Å². The van der Waals surface area contributed by atoms with Gasteiger partial charge in [0.1, 0.15) is 11.4 Å². The molecule has 0 amide bonds. The van der Waals surface area contributed by atoms with Crippen LogP contribution < -0.4 is 5.56 Å². The fraction of sp³-hybridized carbons (Fsp3) is 0.600. The highest BCUT2D eigenvalue weighted by Crippen LogP contribution is 2.32. The minimum absolute atomic E-state index is 0.174. The van der Waals surface area contributed by atoms with Crippen LogP contribution in [-0.2, 0) is 16.2 Å². The standard InChI is InChI=1S/C10H13ClN2O2/c1-10(3-2-4-15-10)9-12-7(6-11)5-8(14)13-9/h5H,2-4,6H2,1H3,(H,12,13,14). The van der Waals surface area contributed by atoms with Gasteiger partial charge < -0.3 is 9.72 Å². The van der Waals surface area contributed by atoms with Gasteiger partial charge in [0.25, 0.3) is 5.56 Å². The maximum absolute atomic E-state index is 11.4. The topological polar surface area (TPSA) is 55.0 Å². The molecule has 5 heteroatoms. The Morgan fingerprint density at radius 2 is 2.53 bits per heavy atom. The first-order valence-corrected chi connectivity index (χ1v) is 5.48. The smallest absolute Gasteiger partial charge is 0.251 e. The minimum atomic E-state index is -0.457. The highest BCUT2D eigenvalue weighted by molar-refractivity contribution is 6.16. The summed E-state index contributed by atoms with van der Waals surface area (Å²) in [5.41, 5.74) is -0.0409. The molecule has 2 rings (SSSR count). The number of halogens is 1. The molecule has 1 aliphatic heterocycles. The van der Waals surface area contributed by atoms with Gasteiger partial charge in [-0.1, -0.05) is 0 Å². The number of aromatic amines is 1. The lowest BCUT2D eigenvalue weighted by molar-refractivity contribution is 0.00898.